The Balaban J connectivity index is 2.43. The van der Waals surface area contributed by atoms with E-state index in [-0.39, 0.29) is 28.2 Å². The van der Waals surface area contributed by atoms with E-state index in [9.17, 15) is 13.6 Å². The van der Waals surface area contributed by atoms with Gasteiger partial charge >= 0.3 is 0 Å². The molecule has 0 heterocycles. The molecule has 104 valence electrons. The second-order valence-electron chi connectivity index (χ2n) is 4.34. The number of aryl methyl sites for hydroxylation is 1. The van der Waals surface area contributed by atoms with Crippen molar-refractivity contribution in [2.24, 2.45) is 5.73 Å². The monoisotopic (exact) mass is 277 g/mol. The maximum Gasteiger partial charge on any atom is 0.250 e. The summed E-state index contributed by atoms with van der Waals surface area (Å²) in [4.78, 5) is 11.2. The zero-order chi connectivity index (χ0) is 14.9. The smallest absolute Gasteiger partial charge is 0.250 e. The van der Waals surface area contributed by atoms with Crippen LogP contribution >= 0.6 is 0 Å². The highest BCUT2D eigenvalue weighted by atomic mass is 19.1. The van der Waals surface area contributed by atoms with Crippen LogP contribution in [-0.4, -0.2) is 5.91 Å². The number of rotatable bonds is 3. The Labute approximate surface area is 114 Å². The lowest BCUT2D eigenvalue weighted by atomic mass is 10.1. The second-order valence-corrected chi connectivity index (χ2v) is 4.34. The second kappa shape index (κ2) is 5.16. The first-order valence-corrected chi connectivity index (χ1v) is 5.81. The maximum absolute atomic E-state index is 13.7. The van der Waals surface area contributed by atoms with Gasteiger partial charge in [-0.15, -0.1) is 0 Å². The van der Waals surface area contributed by atoms with Crippen molar-refractivity contribution < 1.29 is 13.6 Å². The molecule has 1 amide bonds. The summed E-state index contributed by atoms with van der Waals surface area (Å²) in [7, 11) is 0. The number of benzene rings is 2. The summed E-state index contributed by atoms with van der Waals surface area (Å²) < 4.78 is 27.2. The Kier molecular flexibility index (Phi) is 3.56. The van der Waals surface area contributed by atoms with Gasteiger partial charge in [0, 0.05) is 6.07 Å². The van der Waals surface area contributed by atoms with E-state index in [1.165, 1.54) is 13.0 Å². The number of hydrogen-bond acceptors (Lipinski definition) is 3. The molecule has 0 aliphatic carbocycles. The molecule has 0 aromatic heterocycles. The number of carbonyl (C=O) groups is 1. The van der Waals surface area contributed by atoms with Gasteiger partial charge in [0.15, 0.2) is 0 Å². The van der Waals surface area contributed by atoms with E-state index in [0.29, 0.717) is 0 Å². The first-order chi connectivity index (χ1) is 9.40. The van der Waals surface area contributed by atoms with Crippen LogP contribution in [0.1, 0.15) is 15.9 Å². The van der Waals surface area contributed by atoms with E-state index in [4.69, 9.17) is 11.5 Å². The number of amides is 1. The molecule has 0 spiro atoms. The van der Waals surface area contributed by atoms with Crippen molar-refractivity contribution >= 4 is 23.0 Å². The summed E-state index contributed by atoms with van der Waals surface area (Å²) >= 11 is 0. The molecule has 2 rings (SSSR count). The highest BCUT2D eigenvalue weighted by molar-refractivity contribution is 6.01. The Morgan fingerprint density at radius 3 is 2.50 bits per heavy atom. The summed E-state index contributed by atoms with van der Waals surface area (Å²) in [5, 5.41) is 2.66. The minimum absolute atomic E-state index is 0.0681. The quantitative estimate of drug-likeness (QED) is 0.754. The van der Waals surface area contributed by atoms with Gasteiger partial charge in [0.1, 0.15) is 11.6 Å². The fraction of sp³-hybridized carbons (Fsp3) is 0.0714. The number of nitrogen functional groups attached to an aromatic ring is 1. The number of halogens is 2. The molecular formula is C14H13F2N3O. The van der Waals surface area contributed by atoms with Crippen LogP contribution in [0.3, 0.4) is 0 Å². The predicted molar refractivity (Wildman–Crippen MR) is 73.8 cm³/mol. The van der Waals surface area contributed by atoms with Crippen molar-refractivity contribution in [2.45, 2.75) is 6.92 Å². The third-order valence-corrected chi connectivity index (χ3v) is 2.89. The zero-order valence-corrected chi connectivity index (χ0v) is 10.7. The maximum atomic E-state index is 13.7. The van der Waals surface area contributed by atoms with Crippen molar-refractivity contribution in [1.29, 1.82) is 0 Å². The Bertz CT molecular complexity index is 686. The fourth-order valence-electron chi connectivity index (χ4n) is 1.78. The van der Waals surface area contributed by atoms with Crippen molar-refractivity contribution in [3.8, 4) is 0 Å². The summed E-state index contributed by atoms with van der Waals surface area (Å²) in [6.45, 7) is 1.46. The van der Waals surface area contributed by atoms with Crippen LogP contribution in [0.25, 0.3) is 0 Å². The third-order valence-electron chi connectivity index (χ3n) is 2.89. The van der Waals surface area contributed by atoms with E-state index in [2.05, 4.69) is 5.32 Å². The van der Waals surface area contributed by atoms with Gasteiger partial charge in [0.25, 0.3) is 5.91 Å². The van der Waals surface area contributed by atoms with Gasteiger partial charge in [0.2, 0.25) is 0 Å². The topological polar surface area (TPSA) is 81.1 Å². The van der Waals surface area contributed by atoms with Crippen molar-refractivity contribution in [3.05, 3.63) is 53.1 Å². The summed E-state index contributed by atoms with van der Waals surface area (Å²) in [5.41, 5.74) is 11.6. The highest BCUT2D eigenvalue weighted by Crippen LogP contribution is 2.28. The van der Waals surface area contributed by atoms with Gasteiger partial charge in [-0.3, -0.25) is 4.79 Å². The molecule has 20 heavy (non-hydrogen) atoms. The van der Waals surface area contributed by atoms with Crippen molar-refractivity contribution in [1.82, 2.24) is 0 Å². The number of hydrogen-bond donors (Lipinski definition) is 3. The molecule has 0 unspecified atom stereocenters. The normalized spacial score (nSPS) is 10.3. The molecule has 2 aromatic carbocycles. The number of para-hydroxylation sites is 1. The van der Waals surface area contributed by atoms with Gasteiger partial charge in [-0.05, 0) is 30.7 Å². The standard InChI is InChI=1S/C14H13F2N3O/c1-7-5-10(16)12(6-9(7)15)19-11-4-2-3-8(13(11)17)14(18)20/h2-6,19H,17H2,1H3,(H2,18,20). The average molecular weight is 277 g/mol. The average Bonchev–Trinajstić information content (AvgIpc) is 2.37. The van der Waals surface area contributed by atoms with Crippen molar-refractivity contribution in [3.63, 3.8) is 0 Å². The number of primary amides is 1. The van der Waals surface area contributed by atoms with Crippen LogP contribution in [0.5, 0.6) is 0 Å². The lowest BCUT2D eigenvalue weighted by Gasteiger charge is -2.13. The molecule has 4 nitrogen and oxygen atoms in total. The Morgan fingerprint density at radius 1 is 1.15 bits per heavy atom. The molecule has 2 aromatic rings. The molecular weight excluding hydrogens is 264 g/mol. The fourth-order valence-corrected chi connectivity index (χ4v) is 1.78. The Morgan fingerprint density at radius 2 is 1.85 bits per heavy atom. The molecule has 0 saturated heterocycles. The molecule has 0 aliphatic rings. The summed E-state index contributed by atoms with van der Waals surface area (Å²) in [6, 6.07) is 6.64. The van der Waals surface area contributed by atoms with E-state index in [0.717, 1.165) is 12.1 Å². The Hall–Kier alpha value is -2.63. The zero-order valence-electron chi connectivity index (χ0n) is 10.7. The molecule has 0 aliphatic heterocycles. The summed E-state index contributed by atoms with van der Waals surface area (Å²) in [6.07, 6.45) is 0. The van der Waals surface area contributed by atoms with E-state index in [1.807, 2.05) is 0 Å². The van der Waals surface area contributed by atoms with Crippen molar-refractivity contribution in [2.75, 3.05) is 11.1 Å². The third kappa shape index (κ3) is 2.54. The number of nitrogens with two attached hydrogens (primary N) is 2. The number of nitrogens with one attached hydrogen (secondary N) is 1. The number of anilines is 3. The van der Waals surface area contributed by atoms with Crippen LogP contribution in [0, 0.1) is 18.6 Å². The first-order valence-electron chi connectivity index (χ1n) is 5.81. The molecule has 5 N–H and O–H groups in total. The highest BCUT2D eigenvalue weighted by Gasteiger charge is 2.12. The minimum atomic E-state index is -0.693. The molecule has 0 saturated carbocycles. The van der Waals surface area contributed by atoms with E-state index >= 15 is 0 Å². The van der Waals surface area contributed by atoms with E-state index < -0.39 is 17.5 Å². The van der Waals surface area contributed by atoms with E-state index in [1.54, 1.807) is 12.1 Å². The van der Waals surface area contributed by atoms with Crippen LogP contribution in [0.15, 0.2) is 30.3 Å². The molecule has 0 radical (unpaired) electrons. The van der Waals surface area contributed by atoms with Gasteiger partial charge in [0.05, 0.1) is 22.6 Å². The molecule has 0 fully saturated rings. The molecule has 0 atom stereocenters. The lowest BCUT2D eigenvalue weighted by molar-refractivity contribution is 0.100. The lowest BCUT2D eigenvalue weighted by Crippen LogP contribution is -2.14. The minimum Gasteiger partial charge on any atom is -0.396 e. The molecule has 0 bridgehead atoms. The van der Waals surface area contributed by atoms with Crippen LogP contribution in [0.4, 0.5) is 25.8 Å². The first kappa shape index (κ1) is 13.8. The van der Waals surface area contributed by atoms with Gasteiger partial charge in [-0.1, -0.05) is 6.07 Å². The SMILES string of the molecule is Cc1cc(F)c(Nc2cccc(C(N)=O)c2N)cc1F. The van der Waals surface area contributed by atoms with Crippen LogP contribution < -0.4 is 16.8 Å². The van der Waals surface area contributed by atoms with Crippen LogP contribution in [0.2, 0.25) is 0 Å². The molecule has 6 heteroatoms. The van der Waals surface area contributed by atoms with Gasteiger partial charge in [-0.25, -0.2) is 8.78 Å². The summed E-state index contributed by atoms with van der Waals surface area (Å²) in [5.74, 6) is -1.85. The number of carbonyl (C=O) groups excluding carboxylic acids is 1. The largest absolute Gasteiger partial charge is 0.396 e. The predicted octanol–water partition coefficient (Wildman–Crippen LogP) is 2.70. The van der Waals surface area contributed by atoms with Gasteiger partial charge < -0.3 is 16.8 Å². The van der Waals surface area contributed by atoms with Crippen LogP contribution in [-0.2, 0) is 0 Å². The van der Waals surface area contributed by atoms with Gasteiger partial charge in [-0.2, -0.15) is 0 Å².